The Balaban J connectivity index is 1.78. The van der Waals surface area contributed by atoms with Crippen LogP contribution >= 0.6 is 0 Å². The van der Waals surface area contributed by atoms with Crippen LogP contribution in [0.15, 0.2) is 24.5 Å². The minimum atomic E-state index is -0.261. The quantitative estimate of drug-likeness (QED) is 0.246. The number of hydrogen-bond donors (Lipinski definition) is 0. The highest BCUT2D eigenvalue weighted by Gasteiger charge is 2.05. The first-order chi connectivity index (χ1) is 12.3. The minimum absolute atomic E-state index is 0.261. The molecular weight excluding hydrogens is 310 g/mol. The van der Waals surface area contributed by atoms with Gasteiger partial charge in [0.1, 0.15) is 0 Å². The Hall–Kier alpha value is -1.38. The third kappa shape index (κ3) is 12.6. The van der Waals surface area contributed by atoms with Crippen LogP contribution in [-0.2, 0) is 4.74 Å². The van der Waals surface area contributed by atoms with Crippen molar-refractivity contribution in [2.24, 2.45) is 0 Å². The lowest BCUT2D eigenvalue weighted by atomic mass is 10.0. The summed E-state index contributed by atoms with van der Waals surface area (Å²) in [6.07, 6.45) is 21.9. The Kier molecular flexibility index (Phi) is 14.0. The summed E-state index contributed by atoms with van der Waals surface area (Å²) in [5, 5.41) is 0. The number of pyridine rings is 1. The van der Waals surface area contributed by atoms with Crippen molar-refractivity contribution in [1.29, 1.82) is 0 Å². The Labute approximate surface area is 154 Å². The van der Waals surface area contributed by atoms with Crippen LogP contribution in [0.4, 0.5) is 0 Å². The minimum Gasteiger partial charge on any atom is -0.462 e. The Morgan fingerprint density at radius 2 is 1.36 bits per heavy atom. The molecule has 1 aromatic heterocycles. The molecular formula is C22H37NO2. The monoisotopic (exact) mass is 347 g/mol. The number of aromatic nitrogens is 1. The smallest absolute Gasteiger partial charge is 0.339 e. The summed E-state index contributed by atoms with van der Waals surface area (Å²) in [6.45, 7) is 2.79. The Bertz CT molecular complexity index is 419. The SMILES string of the molecule is CCCCCCCCCCCCCCCCOC(=O)c1cccnc1. The van der Waals surface area contributed by atoms with Gasteiger partial charge in [-0.05, 0) is 18.6 Å². The van der Waals surface area contributed by atoms with Crippen LogP contribution in [0.5, 0.6) is 0 Å². The fourth-order valence-corrected chi connectivity index (χ4v) is 3.03. The summed E-state index contributed by atoms with van der Waals surface area (Å²) in [6, 6.07) is 3.49. The molecule has 0 aliphatic carbocycles. The average molecular weight is 348 g/mol. The van der Waals surface area contributed by atoms with Crippen molar-refractivity contribution in [2.75, 3.05) is 6.61 Å². The Morgan fingerprint density at radius 3 is 1.84 bits per heavy atom. The maximum absolute atomic E-state index is 11.7. The molecule has 0 radical (unpaired) electrons. The van der Waals surface area contributed by atoms with E-state index in [0.717, 1.165) is 12.8 Å². The zero-order valence-electron chi connectivity index (χ0n) is 16.2. The van der Waals surface area contributed by atoms with Crippen LogP contribution in [-0.4, -0.2) is 17.6 Å². The van der Waals surface area contributed by atoms with Crippen LogP contribution in [0.25, 0.3) is 0 Å². The normalized spacial score (nSPS) is 10.8. The number of nitrogens with zero attached hydrogens (tertiary/aromatic N) is 1. The van der Waals surface area contributed by atoms with Crippen LogP contribution in [0.1, 0.15) is 107 Å². The summed E-state index contributed by atoms with van der Waals surface area (Å²) in [5.41, 5.74) is 0.535. The van der Waals surface area contributed by atoms with E-state index in [4.69, 9.17) is 4.74 Å². The molecule has 0 fully saturated rings. The van der Waals surface area contributed by atoms with Crippen LogP contribution in [0.2, 0.25) is 0 Å². The summed E-state index contributed by atoms with van der Waals surface area (Å²) >= 11 is 0. The van der Waals surface area contributed by atoms with Crippen molar-refractivity contribution in [3.8, 4) is 0 Å². The molecule has 0 saturated heterocycles. The molecule has 0 bridgehead atoms. The van der Waals surface area contributed by atoms with Crippen LogP contribution < -0.4 is 0 Å². The molecule has 0 atom stereocenters. The average Bonchev–Trinajstić information content (AvgIpc) is 2.65. The van der Waals surface area contributed by atoms with Gasteiger partial charge in [0.2, 0.25) is 0 Å². The molecule has 0 unspecified atom stereocenters. The van der Waals surface area contributed by atoms with Gasteiger partial charge in [0.05, 0.1) is 12.2 Å². The van der Waals surface area contributed by atoms with E-state index in [1.54, 1.807) is 24.5 Å². The lowest BCUT2D eigenvalue weighted by molar-refractivity contribution is 0.0497. The maximum atomic E-state index is 11.7. The second-order valence-electron chi connectivity index (χ2n) is 6.97. The van der Waals surface area contributed by atoms with Gasteiger partial charge in [0, 0.05) is 12.4 Å². The van der Waals surface area contributed by atoms with Gasteiger partial charge in [-0.1, -0.05) is 90.4 Å². The van der Waals surface area contributed by atoms with Gasteiger partial charge in [0.25, 0.3) is 0 Å². The topological polar surface area (TPSA) is 39.2 Å². The van der Waals surface area contributed by atoms with E-state index in [0.29, 0.717) is 12.2 Å². The highest BCUT2D eigenvalue weighted by atomic mass is 16.5. The number of hydrogen-bond acceptors (Lipinski definition) is 3. The summed E-state index contributed by atoms with van der Waals surface area (Å²) in [7, 11) is 0. The van der Waals surface area contributed by atoms with E-state index in [-0.39, 0.29) is 5.97 Å². The number of esters is 1. The Morgan fingerprint density at radius 1 is 0.840 bits per heavy atom. The molecule has 0 aliphatic heterocycles. The van der Waals surface area contributed by atoms with Crippen molar-refractivity contribution < 1.29 is 9.53 Å². The molecule has 142 valence electrons. The molecule has 0 spiro atoms. The second-order valence-corrected chi connectivity index (χ2v) is 6.97. The summed E-state index contributed by atoms with van der Waals surface area (Å²) < 4.78 is 5.26. The lowest BCUT2D eigenvalue weighted by Gasteiger charge is -2.05. The van der Waals surface area contributed by atoms with Crippen LogP contribution in [0.3, 0.4) is 0 Å². The number of unbranched alkanes of at least 4 members (excludes halogenated alkanes) is 13. The maximum Gasteiger partial charge on any atom is 0.339 e. The van der Waals surface area contributed by atoms with Gasteiger partial charge in [-0.3, -0.25) is 4.98 Å². The van der Waals surface area contributed by atoms with Gasteiger partial charge in [0.15, 0.2) is 0 Å². The fraction of sp³-hybridized carbons (Fsp3) is 0.727. The largest absolute Gasteiger partial charge is 0.462 e. The third-order valence-corrected chi connectivity index (χ3v) is 4.63. The van der Waals surface area contributed by atoms with Crippen molar-refractivity contribution >= 4 is 5.97 Å². The first kappa shape index (κ1) is 21.7. The predicted molar refractivity (Wildman–Crippen MR) is 105 cm³/mol. The number of carbonyl (C=O) groups is 1. The molecule has 1 aromatic rings. The van der Waals surface area contributed by atoms with Crippen molar-refractivity contribution in [3.63, 3.8) is 0 Å². The third-order valence-electron chi connectivity index (χ3n) is 4.63. The molecule has 0 aromatic carbocycles. The highest BCUT2D eigenvalue weighted by molar-refractivity contribution is 5.88. The molecule has 3 nitrogen and oxygen atoms in total. The molecule has 3 heteroatoms. The number of ether oxygens (including phenoxy) is 1. The van der Waals surface area contributed by atoms with Crippen LogP contribution in [0, 0.1) is 0 Å². The zero-order chi connectivity index (χ0) is 18.0. The van der Waals surface area contributed by atoms with E-state index >= 15 is 0 Å². The van der Waals surface area contributed by atoms with Gasteiger partial charge in [-0.15, -0.1) is 0 Å². The molecule has 25 heavy (non-hydrogen) atoms. The predicted octanol–water partition coefficient (Wildman–Crippen LogP) is 6.72. The second kappa shape index (κ2) is 16.1. The summed E-state index contributed by atoms with van der Waals surface area (Å²) in [4.78, 5) is 15.6. The number of carbonyl (C=O) groups excluding carboxylic acids is 1. The van der Waals surface area contributed by atoms with Crippen molar-refractivity contribution in [1.82, 2.24) is 4.98 Å². The fourth-order valence-electron chi connectivity index (χ4n) is 3.03. The molecule has 0 saturated carbocycles. The first-order valence-electron chi connectivity index (χ1n) is 10.4. The van der Waals surface area contributed by atoms with E-state index in [1.165, 1.54) is 77.0 Å². The number of rotatable bonds is 16. The molecule has 1 heterocycles. The van der Waals surface area contributed by atoms with Gasteiger partial charge in [-0.25, -0.2) is 4.79 Å². The molecule has 0 amide bonds. The molecule has 1 rings (SSSR count). The molecule has 0 N–H and O–H groups in total. The zero-order valence-corrected chi connectivity index (χ0v) is 16.2. The van der Waals surface area contributed by atoms with Gasteiger partial charge in [-0.2, -0.15) is 0 Å². The highest BCUT2D eigenvalue weighted by Crippen LogP contribution is 2.13. The first-order valence-corrected chi connectivity index (χ1v) is 10.4. The standard InChI is InChI=1S/C22H37NO2/c1-2-3-4-5-6-7-8-9-10-11-12-13-14-15-19-25-22(24)21-17-16-18-23-20-21/h16-18,20H,2-15,19H2,1H3. The van der Waals surface area contributed by atoms with Crippen molar-refractivity contribution in [3.05, 3.63) is 30.1 Å². The van der Waals surface area contributed by atoms with E-state index in [2.05, 4.69) is 11.9 Å². The van der Waals surface area contributed by atoms with Gasteiger partial charge >= 0.3 is 5.97 Å². The lowest BCUT2D eigenvalue weighted by Crippen LogP contribution is -2.06. The van der Waals surface area contributed by atoms with E-state index in [9.17, 15) is 4.79 Å². The van der Waals surface area contributed by atoms with Crippen molar-refractivity contribution in [2.45, 2.75) is 96.8 Å². The van der Waals surface area contributed by atoms with E-state index < -0.39 is 0 Å². The van der Waals surface area contributed by atoms with E-state index in [1.807, 2.05) is 0 Å². The van der Waals surface area contributed by atoms with Gasteiger partial charge < -0.3 is 4.74 Å². The molecule has 0 aliphatic rings. The summed E-state index contributed by atoms with van der Waals surface area (Å²) in [5.74, 6) is -0.261.